The van der Waals surface area contributed by atoms with Crippen LogP contribution in [-0.4, -0.2) is 19.8 Å². The molecule has 1 fully saturated rings. The van der Waals surface area contributed by atoms with Crippen LogP contribution < -0.4 is 5.32 Å². The smallest absolute Gasteiger partial charge is 0.0613 e. The molecule has 14 heavy (non-hydrogen) atoms. The number of methoxy groups -OCH3 is 1. The highest BCUT2D eigenvalue weighted by molar-refractivity contribution is 7.10. The van der Waals surface area contributed by atoms with E-state index < -0.39 is 0 Å². The Morgan fingerprint density at radius 2 is 2.43 bits per heavy atom. The first-order chi connectivity index (χ1) is 6.84. The van der Waals surface area contributed by atoms with Gasteiger partial charge in [0.05, 0.1) is 6.10 Å². The molecule has 1 aromatic rings. The number of nitrogens with one attached hydrogen (secondary N) is 1. The fourth-order valence-electron chi connectivity index (χ4n) is 2.72. The van der Waals surface area contributed by atoms with Crippen molar-refractivity contribution in [2.45, 2.75) is 30.9 Å². The van der Waals surface area contributed by atoms with Gasteiger partial charge in [0.2, 0.25) is 0 Å². The number of hydrogen-bond acceptors (Lipinski definition) is 3. The van der Waals surface area contributed by atoms with Crippen LogP contribution >= 0.6 is 11.3 Å². The van der Waals surface area contributed by atoms with Crippen molar-refractivity contribution < 1.29 is 4.74 Å². The lowest BCUT2D eigenvalue weighted by Crippen LogP contribution is -2.57. The average Bonchev–Trinajstić information content (AvgIpc) is 2.61. The van der Waals surface area contributed by atoms with Gasteiger partial charge in [-0.15, -0.1) is 11.3 Å². The lowest BCUT2D eigenvalue weighted by molar-refractivity contribution is -0.0352. The Bertz CT molecular complexity index is 341. The lowest BCUT2D eigenvalue weighted by Gasteiger charge is -2.50. The van der Waals surface area contributed by atoms with E-state index in [0.717, 1.165) is 19.4 Å². The maximum absolute atomic E-state index is 5.37. The Balaban J connectivity index is 1.91. The maximum atomic E-state index is 5.37. The zero-order valence-corrected chi connectivity index (χ0v) is 9.19. The molecule has 0 radical (unpaired) electrons. The lowest BCUT2D eigenvalue weighted by atomic mass is 9.68. The Hall–Kier alpha value is -0.380. The van der Waals surface area contributed by atoms with Crippen molar-refractivity contribution in [3.8, 4) is 0 Å². The standard InChI is InChI=1S/C11H15NOS/c1-13-8-6-11(7-8)9-3-5-14-10(9)2-4-12-11/h3,5,8,12H,2,4,6-7H2,1H3. The normalized spacial score (nSPS) is 35.4. The summed E-state index contributed by atoms with van der Waals surface area (Å²) in [7, 11) is 1.81. The molecular weight excluding hydrogens is 194 g/mol. The number of ether oxygens (including phenoxy) is 1. The van der Waals surface area contributed by atoms with Gasteiger partial charge in [0, 0.05) is 24.1 Å². The van der Waals surface area contributed by atoms with Gasteiger partial charge >= 0.3 is 0 Å². The van der Waals surface area contributed by atoms with E-state index >= 15 is 0 Å². The largest absolute Gasteiger partial charge is 0.381 e. The molecule has 3 heteroatoms. The van der Waals surface area contributed by atoms with E-state index in [9.17, 15) is 0 Å². The van der Waals surface area contributed by atoms with E-state index in [1.165, 1.54) is 6.42 Å². The first-order valence-electron chi connectivity index (χ1n) is 5.19. The fraction of sp³-hybridized carbons (Fsp3) is 0.636. The third-order valence-electron chi connectivity index (χ3n) is 3.56. The zero-order valence-electron chi connectivity index (χ0n) is 8.38. The van der Waals surface area contributed by atoms with Crippen LogP contribution in [0.5, 0.6) is 0 Å². The molecule has 76 valence electrons. The Morgan fingerprint density at radius 1 is 1.57 bits per heavy atom. The van der Waals surface area contributed by atoms with Gasteiger partial charge in [-0.25, -0.2) is 0 Å². The summed E-state index contributed by atoms with van der Waals surface area (Å²) in [5, 5.41) is 5.89. The second-order valence-corrected chi connectivity index (χ2v) is 5.28. The van der Waals surface area contributed by atoms with Gasteiger partial charge in [-0.2, -0.15) is 0 Å². The van der Waals surface area contributed by atoms with E-state index in [0.29, 0.717) is 6.10 Å². The molecular formula is C11H15NOS. The van der Waals surface area contributed by atoms with Crippen LogP contribution in [0.3, 0.4) is 0 Å². The molecule has 2 heterocycles. The van der Waals surface area contributed by atoms with Crippen molar-refractivity contribution in [1.82, 2.24) is 5.32 Å². The van der Waals surface area contributed by atoms with Crippen molar-refractivity contribution in [3.05, 3.63) is 21.9 Å². The number of rotatable bonds is 1. The molecule has 2 nitrogen and oxygen atoms in total. The molecule has 0 bridgehead atoms. The molecule has 0 atom stereocenters. The summed E-state index contributed by atoms with van der Waals surface area (Å²) in [6.07, 6.45) is 3.96. The first kappa shape index (κ1) is 8.89. The number of hydrogen-bond donors (Lipinski definition) is 1. The van der Waals surface area contributed by atoms with Gasteiger partial charge in [0.25, 0.3) is 0 Å². The van der Waals surface area contributed by atoms with Crippen molar-refractivity contribution in [1.29, 1.82) is 0 Å². The molecule has 1 aliphatic heterocycles. The van der Waals surface area contributed by atoms with Crippen molar-refractivity contribution in [3.63, 3.8) is 0 Å². The molecule has 1 aliphatic carbocycles. The second-order valence-electron chi connectivity index (χ2n) is 4.28. The molecule has 1 spiro atoms. The van der Waals surface area contributed by atoms with E-state index in [4.69, 9.17) is 4.74 Å². The highest BCUT2D eigenvalue weighted by atomic mass is 32.1. The quantitative estimate of drug-likeness (QED) is 0.762. The Kier molecular flexibility index (Phi) is 1.94. The van der Waals surface area contributed by atoms with Crippen LogP contribution in [0.1, 0.15) is 23.3 Å². The van der Waals surface area contributed by atoms with Gasteiger partial charge in [-0.3, -0.25) is 0 Å². The van der Waals surface area contributed by atoms with Gasteiger partial charge in [-0.05, 0) is 36.3 Å². The Morgan fingerprint density at radius 3 is 3.21 bits per heavy atom. The monoisotopic (exact) mass is 209 g/mol. The van der Waals surface area contributed by atoms with Gasteiger partial charge < -0.3 is 10.1 Å². The minimum Gasteiger partial charge on any atom is -0.381 e. The van der Waals surface area contributed by atoms with Crippen LogP contribution in [0.4, 0.5) is 0 Å². The van der Waals surface area contributed by atoms with Gasteiger partial charge in [0.15, 0.2) is 0 Å². The van der Waals surface area contributed by atoms with Crippen LogP contribution in [0.25, 0.3) is 0 Å². The predicted molar refractivity (Wildman–Crippen MR) is 57.7 cm³/mol. The van der Waals surface area contributed by atoms with Gasteiger partial charge in [-0.1, -0.05) is 0 Å². The van der Waals surface area contributed by atoms with Crippen molar-refractivity contribution >= 4 is 11.3 Å². The summed E-state index contributed by atoms with van der Waals surface area (Å²) in [6.45, 7) is 1.13. The molecule has 1 N–H and O–H groups in total. The predicted octanol–water partition coefficient (Wildman–Crippen LogP) is 1.90. The molecule has 3 rings (SSSR count). The molecule has 0 amide bonds. The van der Waals surface area contributed by atoms with Crippen molar-refractivity contribution in [2.75, 3.05) is 13.7 Å². The van der Waals surface area contributed by atoms with E-state index in [-0.39, 0.29) is 5.54 Å². The zero-order chi connectivity index (χ0) is 9.60. The van der Waals surface area contributed by atoms with Crippen LogP contribution in [0, 0.1) is 0 Å². The minimum absolute atomic E-state index is 0.272. The summed E-state index contributed by atoms with van der Waals surface area (Å²) in [5.74, 6) is 0. The third kappa shape index (κ3) is 1.09. The molecule has 1 saturated carbocycles. The third-order valence-corrected chi connectivity index (χ3v) is 4.54. The van der Waals surface area contributed by atoms with E-state index in [2.05, 4.69) is 16.8 Å². The van der Waals surface area contributed by atoms with Crippen LogP contribution in [0.15, 0.2) is 11.4 Å². The first-order valence-corrected chi connectivity index (χ1v) is 6.07. The molecule has 0 saturated heterocycles. The second kappa shape index (κ2) is 3.05. The summed E-state index contributed by atoms with van der Waals surface area (Å²) in [6, 6.07) is 2.29. The summed E-state index contributed by atoms with van der Waals surface area (Å²) in [4.78, 5) is 1.58. The van der Waals surface area contributed by atoms with Crippen molar-refractivity contribution in [2.24, 2.45) is 0 Å². The molecule has 2 aliphatic rings. The highest BCUT2D eigenvalue weighted by Crippen LogP contribution is 2.47. The summed E-state index contributed by atoms with van der Waals surface area (Å²) >= 11 is 1.90. The highest BCUT2D eigenvalue weighted by Gasteiger charge is 2.48. The SMILES string of the molecule is COC1CC2(C1)NCCc1sccc12. The minimum atomic E-state index is 0.272. The summed E-state index contributed by atoms with van der Waals surface area (Å²) < 4.78 is 5.37. The van der Waals surface area contributed by atoms with E-state index in [1.54, 1.807) is 10.4 Å². The molecule has 0 aromatic carbocycles. The average molecular weight is 209 g/mol. The van der Waals surface area contributed by atoms with Crippen LogP contribution in [0.2, 0.25) is 0 Å². The van der Waals surface area contributed by atoms with E-state index in [1.807, 2.05) is 18.4 Å². The number of thiophene rings is 1. The topological polar surface area (TPSA) is 21.3 Å². The number of fused-ring (bicyclic) bond motifs is 2. The molecule has 1 aromatic heterocycles. The van der Waals surface area contributed by atoms with Crippen LogP contribution in [-0.2, 0) is 16.7 Å². The molecule has 0 unspecified atom stereocenters. The Labute approximate surface area is 88.3 Å². The maximum Gasteiger partial charge on any atom is 0.0613 e. The summed E-state index contributed by atoms with van der Waals surface area (Å²) in [5.41, 5.74) is 1.82. The van der Waals surface area contributed by atoms with Gasteiger partial charge in [0.1, 0.15) is 0 Å². The fourth-order valence-corrected chi connectivity index (χ4v) is 3.70.